The molecule has 1 amide bonds. The topological polar surface area (TPSA) is 50.4 Å². The van der Waals surface area contributed by atoms with E-state index in [4.69, 9.17) is 16.3 Å². The van der Waals surface area contributed by atoms with Crippen molar-refractivity contribution in [2.24, 2.45) is 0 Å². The van der Waals surface area contributed by atoms with Crippen LogP contribution in [0.15, 0.2) is 18.2 Å². The molecule has 1 saturated heterocycles. The van der Waals surface area contributed by atoms with Crippen LogP contribution in [0.1, 0.15) is 12.0 Å². The van der Waals surface area contributed by atoms with Crippen molar-refractivity contribution < 1.29 is 9.53 Å². The van der Waals surface area contributed by atoms with Gasteiger partial charge in [0.15, 0.2) is 0 Å². The van der Waals surface area contributed by atoms with Crippen LogP contribution in [0.4, 0.5) is 0 Å². The lowest BCUT2D eigenvalue weighted by Crippen LogP contribution is -2.47. The largest absolute Gasteiger partial charge is 0.492 e. The number of nitrogens with one attached hydrogen (secondary N) is 2. The van der Waals surface area contributed by atoms with Crippen LogP contribution >= 0.6 is 11.6 Å². The van der Waals surface area contributed by atoms with Crippen molar-refractivity contribution in [1.29, 1.82) is 0 Å². The Kier molecular flexibility index (Phi) is 2.09. The Morgan fingerprint density at radius 3 is 3.06 bits per heavy atom. The Labute approximate surface area is 97.9 Å². The molecule has 2 N–H and O–H groups in total. The summed E-state index contributed by atoms with van der Waals surface area (Å²) in [5.74, 6) is 0.624. The van der Waals surface area contributed by atoms with E-state index in [0.29, 0.717) is 30.5 Å². The van der Waals surface area contributed by atoms with Crippen molar-refractivity contribution in [1.82, 2.24) is 10.6 Å². The van der Waals surface area contributed by atoms with Gasteiger partial charge >= 0.3 is 0 Å². The first-order valence-corrected chi connectivity index (χ1v) is 5.57. The minimum absolute atomic E-state index is 0.000633. The van der Waals surface area contributed by atoms with Crippen molar-refractivity contribution in [2.75, 3.05) is 13.3 Å². The summed E-state index contributed by atoms with van der Waals surface area (Å²) in [6.45, 7) is 0.988. The fourth-order valence-electron chi connectivity index (χ4n) is 2.36. The number of para-hydroxylation sites is 1. The van der Waals surface area contributed by atoms with Gasteiger partial charge in [0.2, 0.25) is 5.91 Å². The number of carbonyl (C=O) groups is 1. The van der Waals surface area contributed by atoms with Gasteiger partial charge in [0.1, 0.15) is 11.3 Å². The zero-order chi connectivity index (χ0) is 11.2. The van der Waals surface area contributed by atoms with Gasteiger partial charge in [-0.05, 0) is 6.07 Å². The summed E-state index contributed by atoms with van der Waals surface area (Å²) in [5.41, 5.74) is 0.180. The highest BCUT2D eigenvalue weighted by molar-refractivity contribution is 6.32. The third kappa shape index (κ3) is 1.17. The molecule has 0 aliphatic carbocycles. The molecule has 1 fully saturated rings. The second-order valence-electron chi connectivity index (χ2n) is 3.98. The third-order valence-electron chi connectivity index (χ3n) is 3.18. The fourth-order valence-corrected chi connectivity index (χ4v) is 2.59. The van der Waals surface area contributed by atoms with E-state index in [2.05, 4.69) is 10.6 Å². The van der Waals surface area contributed by atoms with Crippen molar-refractivity contribution in [3.05, 3.63) is 28.8 Å². The number of hydrogen-bond acceptors (Lipinski definition) is 3. The monoisotopic (exact) mass is 238 g/mol. The molecule has 1 aromatic rings. The molecule has 0 bridgehead atoms. The highest BCUT2D eigenvalue weighted by Gasteiger charge is 2.47. The number of benzene rings is 1. The minimum atomic E-state index is -0.654. The van der Waals surface area contributed by atoms with E-state index in [-0.39, 0.29) is 5.91 Å². The molecule has 0 saturated carbocycles. The van der Waals surface area contributed by atoms with E-state index in [9.17, 15) is 4.79 Å². The maximum Gasteiger partial charge on any atom is 0.246 e. The fraction of sp³-hybridized carbons (Fsp3) is 0.364. The van der Waals surface area contributed by atoms with Gasteiger partial charge in [-0.1, -0.05) is 23.7 Å². The predicted octanol–water partition coefficient (Wildman–Crippen LogP) is 0.995. The Hall–Kier alpha value is -1.26. The Morgan fingerprint density at radius 2 is 2.31 bits per heavy atom. The predicted molar refractivity (Wildman–Crippen MR) is 59.4 cm³/mol. The number of hydrogen-bond donors (Lipinski definition) is 2. The summed E-state index contributed by atoms with van der Waals surface area (Å²) in [4.78, 5) is 12.0. The molecule has 5 heteroatoms. The van der Waals surface area contributed by atoms with Gasteiger partial charge in [-0.2, -0.15) is 0 Å². The van der Waals surface area contributed by atoms with E-state index in [1.807, 2.05) is 12.1 Å². The van der Waals surface area contributed by atoms with Crippen LogP contribution in [0.25, 0.3) is 0 Å². The minimum Gasteiger partial charge on any atom is -0.492 e. The van der Waals surface area contributed by atoms with Gasteiger partial charge < -0.3 is 10.1 Å². The molecule has 2 aliphatic rings. The van der Waals surface area contributed by atoms with E-state index in [1.165, 1.54) is 0 Å². The SMILES string of the molecule is O=C1NCNC12CCOc1c(Cl)cccc12. The van der Waals surface area contributed by atoms with Gasteiger partial charge in [-0.3, -0.25) is 10.1 Å². The Morgan fingerprint density at radius 1 is 1.44 bits per heavy atom. The lowest BCUT2D eigenvalue weighted by atomic mass is 9.85. The number of carbonyl (C=O) groups excluding carboxylic acids is 1. The lowest BCUT2D eigenvalue weighted by molar-refractivity contribution is -0.125. The van der Waals surface area contributed by atoms with Gasteiger partial charge in [0.05, 0.1) is 18.3 Å². The third-order valence-corrected chi connectivity index (χ3v) is 3.47. The summed E-state index contributed by atoms with van der Waals surface area (Å²) >= 11 is 6.07. The molecule has 3 rings (SSSR count). The van der Waals surface area contributed by atoms with Crippen LogP contribution in [-0.4, -0.2) is 19.2 Å². The summed E-state index contributed by atoms with van der Waals surface area (Å²) in [6, 6.07) is 5.50. The molecule has 4 nitrogen and oxygen atoms in total. The smallest absolute Gasteiger partial charge is 0.246 e. The first-order valence-electron chi connectivity index (χ1n) is 5.19. The van der Waals surface area contributed by atoms with Crippen LogP contribution in [0, 0.1) is 0 Å². The molecule has 1 spiro atoms. The molecule has 0 radical (unpaired) electrons. The average molecular weight is 239 g/mol. The molecule has 2 aliphatic heterocycles. The number of halogens is 1. The van der Waals surface area contributed by atoms with Crippen molar-refractivity contribution in [2.45, 2.75) is 12.0 Å². The molecule has 0 aromatic heterocycles. The molecule has 16 heavy (non-hydrogen) atoms. The first-order chi connectivity index (χ1) is 7.74. The maximum atomic E-state index is 12.0. The van der Waals surface area contributed by atoms with Crippen LogP contribution < -0.4 is 15.4 Å². The van der Waals surface area contributed by atoms with Crippen LogP contribution in [0.2, 0.25) is 5.02 Å². The van der Waals surface area contributed by atoms with E-state index >= 15 is 0 Å². The second-order valence-corrected chi connectivity index (χ2v) is 4.39. The number of amides is 1. The summed E-state index contributed by atoms with van der Waals surface area (Å²) in [6.07, 6.45) is 0.631. The molecule has 1 aromatic carbocycles. The van der Waals surface area contributed by atoms with Gasteiger partial charge in [-0.25, -0.2) is 0 Å². The van der Waals surface area contributed by atoms with Crippen molar-refractivity contribution in [3.8, 4) is 5.75 Å². The number of fused-ring (bicyclic) bond motifs is 2. The van der Waals surface area contributed by atoms with Crippen LogP contribution in [0.3, 0.4) is 0 Å². The zero-order valence-electron chi connectivity index (χ0n) is 8.55. The molecule has 1 atom stereocenters. The molecule has 84 valence electrons. The average Bonchev–Trinajstić information content (AvgIpc) is 2.63. The summed E-state index contributed by atoms with van der Waals surface area (Å²) in [7, 11) is 0. The van der Waals surface area contributed by atoms with E-state index in [0.717, 1.165) is 5.56 Å². The molecule has 2 heterocycles. The Bertz CT molecular complexity index is 463. The number of ether oxygens (including phenoxy) is 1. The zero-order valence-corrected chi connectivity index (χ0v) is 9.30. The van der Waals surface area contributed by atoms with Crippen LogP contribution in [-0.2, 0) is 10.3 Å². The van der Waals surface area contributed by atoms with Gasteiger partial charge in [0, 0.05) is 12.0 Å². The Balaban J connectivity index is 2.20. The second kappa shape index (κ2) is 3.37. The first kappa shape index (κ1) is 9.93. The highest BCUT2D eigenvalue weighted by atomic mass is 35.5. The van der Waals surface area contributed by atoms with Crippen molar-refractivity contribution in [3.63, 3.8) is 0 Å². The van der Waals surface area contributed by atoms with E-state index in [1.54, 1.807) is 6.07 Å². The molecule has 1 unspecified atom stereocenters. The normalized spacial score (nSPS) is 27.4. The maximum absolute atomic E-state index is 12.0. The summed E-state index contributed by atoms with van der Waals surface area (Å²) in [5, 5.41) is 6.55. The number of rotatable bonds is 0. The standard InChI is InChI=1S/C11H11ClN2O2/c12-8-3-1-2-7-9(8)16-5-4-11(7)10(15)13-6-14-11/h1-3,14H,4-6H2,(H,13,15). The molecular weight excluding hydrogens is 228 g/mol. The van der Waals surface area contributed by atoms with Crippen LogP contribution in [0.5, 0.6) is 5.75 Å². The van der Waals surface area contributed by atoms with Crippen molar-refractivity contribution >= 4 is 17.5 Å². The van der Waals surface area contributed by atoms with E-state index < -0.39 is 5.54 Å². The van der Waals surface area contributed by atoms with Gasteiger partial charge in [-0.15, -0.1) is 0 Å². The molecular formula is C11H11ClN2O2. The summed E-state index contributed by atoms with van der Waals surface area (Å²) < 4.78 is 5.54. The lowest BCUT2D eigenvalue weighted by Gasteiger charge is -2.33. The quantitative estimate of drug-likeness (QED) is 0.709. The van der Waals surface area contributed by atoms with Gasteiger partial charge in [0.25, 0.3) is 0 Å². The highest BCUT2D eigenvalue weighted by Crippen LogP contribution is 2.42.